The van der Waals surface area contributed by atoms with Crippen molar-refractivity contribution in [3.05, 3.63) is 28.8 Å². The number of benzene rings is 1. The summed E-state index contributed by atoms with van der Waals surface area (Å²) in [5, 5.41) is 3.49. The average molecular weight is 294 g/mol. The van der Waals surface area contributed by atoms with E-state index in [1.165, 1.54) is 25.8 Å². The van der Waals surface area contributed by atoms with Crippen molar-refractivity contribution in [3.8, 4) is 0 Å². The van der Waals surface area contributed by atoms with E-state index in [0.717, 1.165) is 19.1 Å². The highest BCUT2D eigenvalue weighted by molar-refractivity contribution is 6.33. The van der Waals surface area contributed by atoms with Gasteiger partial charge < -0.3 is 16.0 Å². The molecule has 108 valence electrons. The maximum Gasteiger partial charge on any atom is 0.251 e. The van der Waals surface area contributed by atoms with Gasteiger partial charge in [0.15, 0.2) is 0 Å². The van der Waals surface area contributed by atoms with Crippen LogP contribution in [-0.4, -0.2) is 36.5 Å². The van der Waals surface area contributed by atoms with Gasteiger partial charge in [-0.2, -0.15) is 0 Å². The van der Waals surface area contributed by atoms with E-state index in [1.54, 1.807) is 18.2 Å². The van der Waals surface area contributed by atoms with Crippen molar-refractivity contribution in [2.24, 2.45) is 5.92 Å². The molecule has 1 unspecified atom stereocenters. The zero-order chi connectivity index (χ0) is 14.1. The Bertz CT molecular complexity index is 516. The number of hydrogen-bond acceptors (Lipinski definition) is 3. The fraction of sp³-hybridized carbons (Fsp3) is 0.533. The smallest absolute Gasteiger partial charge is 0.251 e. The molecule has 1 aliphatic carbocycles. The average Bonchev–Trinajstić information content (AvgIpc) is 3.18. The molecule has 0 aromatic heterocycles. The van der Waals surface area contributed by atoms with Gasteiger partial charge in [0.2, 0.25) is 0 Å². The van der Waals surface area contributed by atoms with Gasteiger partial charge in [0.05, 0.1) is 10.7 Å². The fourth-order valence-corrected chi connectivity index (χ4v) is 2.94. The molecule has 1 aromatic rings. The molecule has 5 heteroatoms. The van der Waals surface area contributed by atoms with Crippen LogP contribution in [0.1, 0.15) is 29.6 Å². The molecule has 0 spiro atoms. The highest BCUT2D eigenvalue weighted by Crippen LogP contribution is 2.31. The van der Waals surface area contributed by atoms with Crippen LogP contribution in [0.2, 0.25) is 5.02 Å². The Balaban J connectivity index is 1.50. The van der Waals surface area contributed by atoms with Gasteiger partial charge >= 0.3 is 0 Å². The van der Waals surface area contributed by atoms with Crippen molar-refractivity contribution in [2.45, 2.75) is 25.3 Å². The second kappa shape index (κ2) is 5.62. The first kappa shape index (κ1) is 13.7. The van der Waals surface area contributed by atoms with E-state index in [9.17, 15) is 4.79 Å². The molecule has 3 N–H and O–H groups in total. The van der Waals surface area contributed by atoms with E-state index in [1.807, 2.05) is 0 Å². The Labute approximate surface area is 124 Å². The van der Waals surface area contributed by atoms with Gasteiger partial charge in [0.25, 0.3) is 5.91 Å². The molecule has 1 amide bonds. The third kappa shape index (κ3) is 3.07. The minimum atomic E-state index is -0.0711. The second-order valence-corrected chi connectivity index (χ2v) is 6.23. The summed E-state index contributed by atoms with van der Waals surface area (Å²) in [6.07, 6.45) is 3.88. The first-order valence-electron chi connectivity index (χ1n) is 7.21. The third-order valence-electron chi connectivity index (χ3n) is 4.19. The van der Waals surface area contributed by atoms with Crippen LogP contribution in [-0.2, 0) is 0 Å². The lowest BCUT2D eigenvalue weighted by Gasteiger charge is -2.15. The van der Waals surface area contributed by atoms with Crippen LogP contribution in [0, 0.1) is 5.92 Å². The highest BCUT2D eigenvalue weighted by Gasteiger charge is 2.34. The number of halogens is 1. The van der Waals surface area contributed by atoms with Crippen LogP contribution in [0.25, 0.3) is 0 Å². The van der Waals surface area contributed by atoms with Gasteiger partial charge in [-0.25, -0.2) is 0 Å². The molecule has 2 aliphatic rings. The van der Waals surface area contributed by atoms with Crippen molar-refractivity contribution in [1.29, 1.82) is 0 Å². The first-order chi connectivity index (χ1) is 9.63. The number of nitrogens with two attached hydrogens (primary N) is 1. The maximum absolute atomic E-state index is 12.1. The lowest BCUT2D eigenvalue weighted by Crippen LogP contribution is -2.31. The van der Waals surface area contributed by atoms with E-state index in [4.69, 9.17) is 17.3 Å². The first-order valence-corrected chi connectivity index (χ1v) is 7.58. The van der Waals surface area contributed by atoms with E-state index < -0.39 is 0 Å². The van der Waals surface area contributed by atoms with Gasteiger partial charge in [0.1, 0.15) is 0 Å². The number of amides is 1. The lowest BCUT2D eigenvalue weighted by atomic mass is 10.1. The summed E-state index contributed by atoms with van der Waals surface area (Å²) in [4.78, 5) is 14.6. The van der Waals surface area contributed by atoms with Crippen LogP contribution in [0.4, 0.5) is 5.69 Å². The summed E-state index contributed by atoms with van der Waals surface area (Å²) < 4.78 is 0. The quantitative estimate of drug-likeness (QED) is 0.836. The van der Waals surface area contributed by atoms with E-state index in [2.05, 4.69) is 10.2 Å². The topological polar surface area (TPSA) is 58.4 Å². The van der Waals surface area contributed by atoms with Crippen LogP contribution in [0.15, 0.2) is 18.2 Å². The molecule has 3 rings (SSSR count). The summed E-state index contributed by atoms with van der Waals surface area (Å²) in [6.45, 7) is 3.04. The number of rotatable bonds is 4. The molecule has 1 aliphatic heterocycles. The molecule has 1 saturated heterocycles. The number of nitrogen functional groups attached to an aromatic ring is 1. The predicted octanol–water partition coefficient (Wildman–Crippen LogP) is 2.14. The van der Waals surface area contributed by atoms with E-state index in [0.29, 0.717) is 22.2 Å². The molecular weight excluding hydrogens is 274 g/mol. The zero-order valence-corrected chi connectivity index (χ0v) is 12.2. The minimum Gasteiger partial charge on any atom is -0.398 e. The molecule has 1 aromatic carbocycles. The van der Waals surface area contributed by atoms with Crippen molar-refractivity contribution in [1.82, 2.24) is 10.2 Å². The Morgan fingerprint density at radius 1 is 1.40 bits per heavy atom. The number of likely N-dealkylation sites (tertiary alicyclic amines) is 1. The van der Waals surface area contributed by atoms with Gasteiger partial charge in [-0.3, -0.25) is 4.79 Å². The summed E-state index contributed by atoms with van der Waals surface area (Å²) in [6, 6.07) is 5.82. The number of nitrogens with one attached hydrogen (secondary N) is 1. The van der Waals surface area contributed by atoms with Crippen LogP contribution >= 0.6 is 11.6 Å². The fourth-order valence-electron chi connectivity index (χ4n) is 2.82. The maximum atomic E-state index is 12.1. The van der Waals surface area contributed by atoms with Gasteiger partial charge in [-0.05, 0) is 49.9 Å². The summed E-state index contributed by atoms with van der Waals surface area (Å²) >= 11 is 5.86. The lowest BCUT2D eigenvalue weighted by molar-refractivity contribution is 0.0947. The molecule has 2 fully saturated rings. The molecule has 1 saturated carbocycles. The predicted molar refractivity (Wildman–Crippen MR) is 80.9 cm³/mol. The Morgan fingerprint density at radius 2 is 2.20 bits per heavy atom. The Morgan fingerprint density at radius 3 is 2.90 bits per heavy atom. The van der Waals surface area contributed by atoms with Crippen LogP contribution in [0.5, 0.6) is 0 Å². The van der Waals surface area contributed by atoms with Gasteiger partial charge in [-0.15, -0.1) is 0 Å². The molecule has 0 bridgehead atoms. The van der Waals surface area contributed by atoms with Crippen molar-refractivity contribution in [3.63, 3.8) is 0 Å². The SMILES string of the molecule is Nc1cc(C(=O)NCC2CCN(C3CC3)C2)ccc1Cl. The summed E-state index contributed by atoms with van der Waals surface area (Å²) in [7, 11) is 0. The van der Waals surface area contributed by atoms with Crippen molar-refractivity contribution in [2.75, 3.05) is 25.4 Å². The number of carbonyl (C=O) groups is 1. The largest absolute Gasteiger partial charge is 0.398 e. The molecular formula is C15H20ClN3O. The molecule has 1 atom stereocenters. The van der Waals surface area contributed by atoms with Crippen molar-refractivity contribution < 1.29 is 4.79 Å². The normalized spacial score (nSPS) is 22.9. The third-order valence-corrected chi connectivity index (χ3v) is 4.53. The van der Waals surface area contributed by atoms with Crippen molar-refractivity contribution >= 4 is 23.2 Å². The Hall–Kier alpha value is -1.26. The molecule has 4 nitrogen and oxygen atoms in total. The van der Waals surface area contributed by atoms with Crippen LogP contribution < -0.4 is 11.1 Å². The second-order valence-electron chi connectivity index (χ2n) is 5.83. The van der Waals surface area contributed by atoms with E-state index >= 15 is 0 Å². The van der Waals surface area contributed by atoms with E-state index in [-0.39, 0.29) is 5.91 Å². The number of anilines is 1. The summed E-state index contributed by atoms with van der Waals surface area (Å²) in [5.74, 6) is 0.502. The molecule has 0 radical (unpaired) electrons. The zero-order valence-electron chi connectivity index (χ0n) is 11.4. The monoisotopic (exact) mass is 293 g/mol. The van der Waals surface area contributed by atoms with Crippen LogP contribution in [0.3, 0.4) is 0 Å². The van der Waals surface area contributed by atoms with Gasteiger partial charge in [0, 0.05) is 24.7 Å². The number of hydrogen-bond donors (Lipinski definition) is 2. The molecule has 1 heterocycles. The molecule has 20 heavy (non-hydrogen) atoms. The minimum absolute atomic E-state index is 0.0711. The van der Waals surface area contributed by atoms with Gasteiger partial charge in [-0.1, -0.05) is 11.6 Å². The number of nitrogens with zero attached hydrogens (tertiary/aromatic N) is 1. The number of carbonyl (C=O) groups excluding carboxylic acids is 1. The highest BCUT2D eigenvalue weighted by atomic mass is 35.5. The standard InChI is InChI=1S/C15H20ClN3O/c16-13-4-1-11(7-14(13)17)15(20)18-8-10-5-6-19(9-10)12-2-3-12/h1,4,7,10,12H,2-3,5-6,8-9,17H2,(H,18,20). The summed E-state index contributed by atoms with van der Waals surface area (Å²) in [5.41, 5.74) is 6.73. The Kier molecular flexibility index (Phi) is 3.85.